The highest BCUT2D eigenvalue weighted by molar-refractivity contribution is 6.30. The van der Waals surface area contributed by atoms with Crippen molar-refractivity contribution in [1.82, 2.24) is 0 Å². The number of hydrogen-bond donors (Lipinski definition) is 2. The molecule has 5 nitrogen and oxygen atoms in total. The van der Waals surface area contributed by atoms with Crippen LogP contribution in [0, 0.1) is 5.92 Å². The van der Waals surface area contributed by atoms with E-state index in [0.717, 1.165) is 47.1 Å². The Morgan fingerprint density at radius 1 is 0.821 bits per heavy atom. The Kier molecular flexibility index (Phi) is 7.99. The van der Waals surface area contributed by atoms with Crippen LogP contribution >= 0.6 is 11.6 Å². The average Bonchev–Trinajstić information content (AvgIpc) is 2.97. The maximum Gasteiger partial charge on any atom is 0.335 e. The van der Waals surface area contributed by atoms with E-state index in [1.165, 1.54) is 5.56 Å². The molecule has 39 heavy (non-hydrogen) atoms. The molecule has 2 unspecified atom stereocenters. The lowest BCUT2D eigenvalue weighted by Crippen LogP contribution is -2.21. The zero-order valence-electron chi connectivity index (χ0n) is 21.3. The molecule has 0 aliphatic heterocycles. The molecule has 0 aromatic heterocycles. The molecular formula is C33H29ClO5. The highest BCUT2D eigenvalue weighted by atomic mass is 35.5. The Balaban J connectivity index is 1.32. The van der Waals surface area contributed by atoms with E-state index in [4.69, 9.17) is 16.3 Å². The first-order chi connectivity index (χ1) is 18.9. The highest BCUT2D eigenvalue weighted by Crippen LogP contribution is 2.38. The van der Waals surface area contributed by atoms with E-state index >= 15 is 0 Å². The maximum absolute atomic E-state index is 11.6. The van der Waals surface area contributed by atoms with Gasteiger partial charge >= 0.3 is 11.9 Å². The molecule has 0 amide bonds. The third-order valence-electron chi connectivity index (χ3n) is 7.47. The number of halogens is 1. The van der Waals surface area contributed by atoms with Gasteiger partial charge in [-0.25, -0.2) is 4.79 Å². The van der Waals surface area contributed by atoms with Gasteiger partial charge in [-0.15, -0.1) is 0 Å². The van der Waals surface area contributed by atoms with Crippen molar-refractivity contribution < 1.29 is 24.5 Å². The zero-order chi connectivity index (χ0) is 27.4. The van der Waals surface area contributed by atoms with Crippen molar-refractivity contribution in [2.45, 2.75) is 38.2 Å². The second-order valence-corrected chi connectivity index (χ2v) is 10.5. The molecule has 0 radical (unpaired) electrons. The van der Waals surface area contributed by atoms with E-state index in [1.807, 2.05) is 42.5 Å². The summed E-state index contributed by atoms with van der Waals surface area (Å²) in [6.07, 6.45) is 3.40. The van der Waals surface area contributed by atoms with Gasteiger partial charge in [0.25, 0.3) is 0 Å². The minimum absolute atomic E-state index is 0.203. The fourth-order valence-corrected chi connectivity index (χ4v) is 5.48. The van der Waals surface area contributed by atoms with Gasteiger partial charge < -0.3 is 14.9 Å². The molecule has 2 N–H and O–H groups in total. The molecule has 2 atom stereocenters. The minimum atomic E-state index is -0.989. The molecule has 0 heterocycles. The molecule has 1 fully saturated rings. The Labute approximate surface area is 232 Å². The Morgan fingerprint density at radius 3 is 2.28 bits per heavy atom. The lowest BCUT2D eigenvalue weighted by Gasteiger charge is -2.27. The van der Waals surface area contributed by atoms with Crippen LogP contribution in [0.15, 0.2) is 91.0 Å². The van der Waals surface area contributed by atoms with Crippen molar-refractivity contribution in [3.05, 3.63) is 113 Å². The summed E-state index contributed by atoms with van der Waals surface area (Å²) in [5.41, 5.74) is 6.10. The van der Waals surface area contributed by atoms with Crippen LogP contribution in [-0.4, -0.2) is 22.2 Å². The fourth-order valence-electron chi connectivity index (χ4n) is 5.35. The Bertz CT molecular complexity index is 1480. The number of hydrogen-bond acceptors (Lipinski definition) is 3. The number of ether oxygens (including phenoxy) is 1. The first-order valence-electron chi connectivity index (χ1n) is 13.1. The largest absolute Gasteiger partial charge is 0.489 e. The molecule has 6 heteroatoms. The quantitative estimate of drug-likeness (QED) is 0.235. The second-order valence-electron chi connectivity index (χ2n) is 10.0. The summed E-state index contributed by atoms with van der Waals surface area (Å²) < 4.78 is 6.08. The van der Waals surface area contributed by atoms with E-state index in [2.05, 4.69) is 18.2 Å². The van der Waals surface area contributed by atoms with E-state index < -0.39 is 11.9 Å². The van der Waals surface area contributed by atoms with Crippen molar-refractivity contribution in [3.63, 3.8) is 0 Å². The summed E-state index contributed by atoms with van der Waals surface area (Å²) in [7, 11) is 0. The van der Waals surface area contributed by atoms with Crippen LogP contribution in [0.3, 0.4) is 0 Å². The van der Waals surface area contributed by atoms with Gasteiger partial charge in [-0.1, -0.05) is 72.6 Å². The fraction of sp³-hybridized carbons (Fsp3) is 0.212. The number of carboxylic acid groups (broad SMARTS) is 2. The van der Waals surface area contributed by atoms with Crippen molar-refractivity contribution in [2.75, 3.05) is 0 Å². The van der Waals surface area contributed by atoms with Crippen LogP contribution in [0.1, 0.15) is 53.1 Å². The van der Waals surface area contributed by atoms with Crippen LogP contribution in [0.5, 0.6) is 5.75 Å². The van der Waals surface area contributed by atoms with Gasteiger partial charge in [0.1, 0.15) is 12.4 Å². The molecule has 5 rings (SSSR count). The van der Waals surface area contributed by atoms with E-state index in [-0.39, 0.29) is 24.0 Å². The maximum atomic E-state index is 11.6. The summed E-state index contributed by atoms with van der Waals surface area (Å²) in [5, 5.41) is 19.6. The van der Waals surface area contributed by atoms with Crippen molar-refractivity contribution in [1.29, 1.82) is 0 Å². The lowest BCUT2D eigenvalue weighted by atomic mass is 9.77. The van der Waals surface area contributed by atoms with Crippen LogP contribution in [0.25, 0.3) is 22.3 Å². The molecule has 1 aliphatic rings. The van der Waals surface area contributed by atoms with Gasteiger partial charge in [0.15, 0.2) is 0 Å². The number of aromatic carboxylic acids is 1. The summed E-state index contributed by atoms with van der Waals surface area (Å²) in [5.74, 6) is -1.01. The summed E-state index contributed by atoms with van der Waals surface area (Å²) in [6, 6.07) is 28.6. The molecule has 0 saturated heterocycles. The first-order valence-corrected chi connectivity index (χ1v) is 13.4. The van der Waals surface area contributed by atoms with Crippen molar-refractivity contribution >= 4 is 23.5 Å². The van der Waals surface area contributed by atoms with Crippen LogP contribution in [0.4, 0.5) is 0 Å². The van der Waals surface area contributed by atoms with Crippen molar-refractivity contribution in [2.24, 2.45) is 5.92 Å². The minimum Gasteiger partial charge on any atom is -0.489 e. The molecule has 0 bridgehead atoms. The van der Waals surface area contributed by atoms with E-state index in [0.29, 0.717) is 17.2 Å². The van der Waals surface area contributed by atoms with Gasteiger partial charge in [0, 0.05) is 5.02 Å². The lowest BCUT2D eigenvalue weighted by molar-refractivity contribution is -0.143. The third kappa shape index (κ3) is 6.32. The van der Waals surface area contributed by atoms with Crippen LogP contribution in [-0.2, 0) is 11.4 Å². The molecule has 198 valence electrons. The third-order valence-corrected chi connectivity index (χ3v) is 7.72. The monoisotopic (exact) mass is 540 g/mol. The van der Waals surface area contributed by atoms with Crippen LogP contribution < -0.4 is 4.74 Å². The van der Waals surface area contributed by atoms with Gasteiger partial charge in [-0.3, -0.25) is 4.79 Å². The molecule has 0 spiro atoms. The zero-order valence-corrected chi connectivity index (χ0v) is 22.1. The van der Waals surface area contributed by atoms with Gasteiger partial charge in [-0.2, -0.15) is 0 Å². The Hall–Kier alpha value is -4.09. The molecular weight excluding hydrogens is 512 g/mol. The Morgan fingerprint density at radius 2 is 1.56 bits per heavy atom. The first kappa shape index (κ1) is 26.5. The number of carboxylic acids is 2. The normalized spacial score (nSPS) is 16.9. The summed E-state index contributed by atoms with van der Waals surface area (Å²) >= 11 is 6.05. The number of benzene rings is 4. The predicted molar refractivity (Wildman–Crippen MR) is 152 cm³/mol. The molecule has 1 saturated carbocycles. The molecule has 4 aromatic carbocycles. The van der Waals surface area contributed by atoms with Gasteiger partial charge in [-0.05, 0) is 95.0 Å². The van der Waals surface area contributed by atoms with Crippen LogP contribution in [0.2, 0.25) is 5.02 Å². The number of rotatable bonds is 8. The topological polar surface area (TPSA) is 83.8 Å². The standard InChI is InChI=1S/C33H29ClO5/c34-29-12-7-22(8-13-29)31-16-11-27(33(37)38)19-28(31)20-39-30-14-9-21(10-15-30)23-3-1-4-24(17-23)25-5-2-6-26(18-25)32(35)36/h1,3-4,7-17,19,25-26H,2,5-6,18,20H2,(H,35,36)(H,37,38). The molecule has 1 aliphatic carbocycles. The van der Waals surface area contributed by atoms with Crippen molar-refractivity contribution in [3.8, 4) is 28.0 Å². The second kappa shape index (κ2) is 11.7. The van der Waals surface area contributed by atoms with E-state index in [1.54, 1.807) is 30.3 Å². The van der Waals surface area contributed by atoms with Gasteiger partial charge in [0.2, 0.25) is 0 Å². The smallest absolute Gasteiger partial charge is 0.335 e. The van der Waals surface area contributed by atoms with E-state index in [9.17, 15) is 19.8 Å². The predicted octanol–water partition coefficient (Wildman–Crippen LogP) is 8.31. The molecule has 4 aromatic rings. The highest BCUT2D eigenvalue weighted by Gasteiger charge is 2.27. The number of aliphatic carboxylic acids is 1. The summed E-state index contributed by atoms with van der Waals surface area (Å²) in [4.78, 5) is 23.1. The van der Waals surface area contributed by atoms with Gasteiger partial charge in [0.05, 0.1) is 11.5 Å². The average molecular weight is 541 g/mol. The number of carbonyl (C=O) groups is 2. The summed E-state index contributed by atoms with van der Waals surface area (Å²) in [6.45, 7) is 0.209. The SMILES string of the molecule is O=C(O)c1ccc(-c2ccc(Cl)cc2)c(COc2ccc(-c3cccc(C4CCCC(C(=O)O)C4)c3)cc2)c1.